The van der Waals surface area contributed by atoms with Gasteiger partial charge in [0, 0.05) is 5.92 Å². The topological polar surface area (TPSA) is 59.0 Å². The smallest absolute Gasteiger partial charge is 0.410 e. The van der Waals surface area contributed by atoms with E-state index in [1.807, 2.05) is 41.5 Å². The van der Waals surface area contributed by atoms with E-state index in [9.17, 15) is 9.90 Å². The third-order valence-electron chi connectivity index (χ3n) is 3.72. The second-order valence-electron chi connectivity index (χ2n) is 6.68. The number of aliphatic hydroxyl groups is 1. The van der Waals surface area contributed by atoms with Crippen molar-refractivity contribution in [2.45, 2.75) is 71.8 Å². The van der Waals surface area contributed by atoms with Crippen LogP contribution >= 0.6 is 0 Å². The predicted octanol–water partition coefficient (Wildman–Crippen LogP) is 2.42. The molecule has 0 aromatic heterocycles. The minimum atomic E-state index is -0.522. The first kappa shape index (κ1) is 17.2. The lowest BCUT2D eigenvalue weighted by Crippen LogP contribution is -2.58. The zero-order chi connectivity index (χ0) is 15.5. The number of aliphatic hydroxyl groups excluding tert-OH is 1. The Morgan fingerprint density at radius 3 is 2.55 bits per heavy atom. The van der Waals surface area contributed by atoms with Gasteiger partial charge >= 0.3 is 6.09 Å². The lowest BCUT2D eigenvalue weighted by Gasteiger charge is -2.44. The summed E-state index contributed by atoms with van der Waals surface area (Å²) in [7, 11) is 0. The SMILES string of the molecule is CCC(O)C(C)C1COCC(C)N1C(=O)OC(C)(C)C. The number of morpholine rings is 1. The highest BCUT2D eigenvalue weighted by Crippen LogP contribution is 2.25. The third kappa shape index (κ3) is 4.35. The van der Waals surface area contributed by atoms with Crippen LogP contribution in [0.2, 0.25) is 0 Å². The molecule has 5 heteroatoms. The highest BCUT2D eigenvalue weighted by Gasteiger charge is 2.39. The largest absolute Gasteiger partial charge is 0.444 e. The fourth-order valence-electron chi connectivity index (χ4n) is 2.51. The van der Waals surface area contributed by atoms with Gasteiger partial charge in [0.15, 0.2) is 0 Å². The molecular weight excluding hydrogens is 258 g/mol. The minimum absolute atomic E-state index is 0.0460. The molecule has 1 amide bonds. The second kappa shape index (κ2) is 6.76. The first-order valence-corrected chi connectivity index (χ1v) is 7.44. The van der Waals surface area contributed by atoms with E-state index in [1.165, 1.54) is 0 Å². The summed E-state index contributed by atoms with van der Waals surface area (Å²) in [5.74, 6) is -0.0460. The molecule has 20 heavy (non-hydrogen) atoms. The molecule has 0 saturated carbocycles. The highest BCUT2D eigenvalue weighted by atomic mass is 16.6. The fraction of sp³-hybridized carbons (Fsp3) is 0.933. The zero-order valence-corrected chi connectivity index (χ0v) is 13.5. The third-order valence-corrected chi connectivity index (χ3v) is 3.72. The molecule has 4 unspecified atom stereocenters. The minimum Gasteiger partial charge on any atom is -0.444 e. The Morgan fingerprint density at radius 1 is 1.45 bits per heavy atom. The van der Waals surface area contributed by atoms with Crippen LogP contribution in [0.25, 0.3) is 0 Å². The standard InChI is InChI=1S/C15H29NO4/c1-7-13(17)11(3)12-9-19-8-10(2)16(12)14(18)20-15(4,5)6/h10-13,17H,7-9H2,1-6H3. The number of hydrogen-bond donors (Lipinski definition) is 1. The Labute approximate surface area is 122 Å². The molecule has 4 atom stereocenters. The van der Waals surface area contributed by atoms with E-state index < -0.39 is 11.7 Å². The number of carbonyl (C=O) groups is 1. The van der Waals surface area contributed by atoms with Gasteiger partial charge in [-0.15, -0.1) is 0 Å². The Bertz CT molecular complexity index is 326. The monoisotopic (exact) mass is 287 g/mol. The Balaban J connectivity index is 2.87. The van der Waals surface area contributed by atoms with Crippen LogP contribution in [-0.4, -0.2) is 53.1 Å². The number of amides is 1. The van der Waals surface area contributed by atoms with Gasteiger partial charge in [-0.05, 0) is 34.1 Å². The molecule has 1 aliphatic rings. The molecule has 1 aliphatic heterocycles. The summed E-state index contributed by atoms with van der Waals surface area (Å²) in [6.45, 7) is 12.4. The van der Waals surface area contributed by atoms with Crippen molar-refractivity contribution in [1.82, 2.24) is 4.90 Å². The molecule has 0 spiro atoms. The molecule has 1 fully saturated rings. The lowest BCUT2D eigenvalue weighted by atomic mass is 9.91. The lowest BCUT2D eigenvalue weighted by molar-refractivity contribution is -0.0838. The first-order valence-electron chi connectivity index (χ1n) is 7.44. The van der Waals surface area contributed by atoms with Gasteiger partial charge in [0.05, 0.1) is 31.4 Å². The summed E-state index contributed by atoms with van der Waals surface area (Å²) in [5, 5.41) is 10.1. The molecular formula is C15H29NO4. The molecule has 5 nitrogen and oxygen atoms in total. The number of nitrogens with zero attached hydrogens (tertiary/aromatic N) is 1. The van der Waals surface area contributed by atoms with Gasteiger partial charge in [-0.1, -0.05) is 13.8 Å². The van der Waals surface area contributed by atoms with E-state index in [0.717, 1.165) is 0 Å². The maximum atomic E-state index is 12.4. The summed E-state index contributed by atoms with van der Waals surface area (Å²) in [4.78, 5) is 14.2. The van der Waals surface area contributed by atoms with E-state index in [1.54, 1.807) is 4.90 Å². The van der Waals surface area contributed by atoms with Gasteiger partial charge in [-0.25, -0.2) is 4.79 Å². The maximum absolute atomic E-state index is 12.4. The van der Waals surface area contributed by atoms with E-state index in [-0.39, 0.29) is 24.1 Å². The van der Waals surface area contributed by atoms with Gasteiger partial charge in [-0.3, -0.25) is 4.90 Å². The van der Waals surface area contributed by atoms with Crippen LogP contribution in [0.1, 0.15) is 48.0 Å². The Morgan fingerprint density at radius 2 is 2.05 bits per heavy atom. The van der Waals surface area contributed by atoms with Crippen molar-refractivity contribution in [2.24, 2.45) is 5.92 Å². The Hall–Kier alpha value is -0.810. The average Bonchev–Trinajstić information content (AvgIpc) is 2.34. The molecule has 0 aliphatic carbocycles. The normalized spacial score (nSPS) is 27.1. The maximum Gasteiger partial charge on any atom is 0.410 e. The van der Waals surface area contributed by atoms with Gasteiger partial charge in [0.1, 0.15) is 5.60 Å². The van der Waals surface area contributed by atoms with Gasteiger partial charge < -0.3 is 14.6 Å². The predicted molar refractivity (Wildman–Crippen MR) is 77.6 cm³/mol. The molecule has 1 N–H and O–H groups in total. The first-order chi connectivity index (χ1) is 9.17. The van der Waals surface area contributed by atoms with Crippen molar-refractivity contribution in [1.29, 1.82) is 0 Å². The summed E-state index contributed by atoms with van der Waals surface area (Å²) < 4.78 is 11.1. The van der Waals surface area contributed by atoms with E-state index in [0.29, 0.717) is 19.6 Å². The van der Waals surface area contributed by atoms with Gasteiger partial charge in [-0.2, -0.15) is 0 Å². The van der Waals surface area contributed by atoms with Crippen molar-refractivity contribution in [3.8, 4) is 0 Å². The van der Waals surface area contributed by atoms with Crippen molar-refractivity contribution in [2.75, 3.05) is 13.2 Å². The summed E-state index contributed by atoms with van der Waals surface area (Å²) >= 11 is 0. The number of carbonyl (C=O) groups excluding carboxylic acids is 1. The van der Waals surface area contributed by atoms with Crippen LogP contribution in [0.3, 0.4) is 0 Å². The van der Waals surface area contributed by atoms with Crippen molar-refractivity contribution < 1.29 is 19.4 Å². The number of rotatable bonds is 3. The number of hydrogen-bond acceptors (Lipinski definition) is 4. The van der Waals surface area contributed by atoms with Crippen LogP contribution in [0.5, 0.6) is 0 Å². The molecule has 0 aromatic rings. The summed E-state index contributed by atoms with van der Waals surface area (Å²) in [5.41, 5.74) is -0.522. The van der Waals surface area contributed by atoms with Crippen molar-refractivity contribution in [3.63, 3.8) is 0 Å². The summed E-state index contributed by atoms with van der Waals surface area (Å²) in [6, 6.07) is -0.196. The molecule has 0 aromatic carbocycles. The van der Waals surface area contributed by atoms with Crippen LogP contribution in [0, 0.1) is 5.92 Å². The molecule has 1 heterocycles. The number of ether oxygens (including phenoxy) is 2. The van der Waals surface area contributed by atoms with Crippen LogP contribution in [0.15, 0.2) is 0 Å². The molecule has 1 saturated heterocycles. The van der Waals surface area contributed by atoms with Crippen LogP contribution in [-0.2, 0) is 9.47 Å². The van der Waals surface area contributed by atoms with Crippen LogP contribution < -0.4 is 0 Å². The van der Waals surface area contributed by atoms with Crippen LogP contribution in [0.4, 0.5) is 4.79 Å². The highest BCUT2D eigenvalue weighted by molar-refractivity contribution is 5.69. The zero-order valence-electron chi connectivity index (χ0n) is 13.5. The van der Waals surface area contributed by atoms with Gasteiger partial charge in [0.25, 0.3) is 0 Å². The molecule has 1 rings (SSSR count). The quantitative estimate of drug-likeness (QED) is 0.866. The summed E-state index contributed by atoms with van der Waals surface area (Å²) in [6.07, 6.45) is -0.110. The van der Waals surface area contributed by atoms with Crippen molar-refractivity contribution >= 4 is 6.09 Å². The second-order valence-corrected chi connectivity index (χ2v) is 6.68. The van der Waals surface area contributed by atoms with E-state index in [2.05, 4.69) is 0 Å². The Kier molecular flexibility index (Phi) is 5.83. The molecule has 0 radical (unpaired) electrons. The van der Waals surface area contributed by atoms with Crippen molar-refractivity contribution in [3.05, 3.63) is 0 Å². The van der Waals surface area contributed by atoms with Gasteiger partial charge in [0.2, 0.25) is 0 Å². The van der Waals surface area contributed by atoms with E-state index >= 15 is 0 Å². The molecule has 0 bridgehead atoms. The molecule has 118 valence electrons. The van der Waals surface area contributed by atoms with E-state index in [4.69, 9.17) is 9.47 Å². The average molecular weight is 287 g/mol. The fourth-order valence-corrected chi connectivity index (χ4v) is 2.51.